The molecule has 0 aliphatic carbocycles. The molecule has 2 aromatic carbocycles. The topological polar surface area (TPSA) is 78.5 Å². The van der Waals surface area contributed by atoms with Crippen molar-refractivity contribution in [3.05, 3.63) is 65.7 Å². The number of ether oxygens (including phenoxy) is 1. The van der Waals surface area contributed by atoms with Gasteiger partial charge in [0.05, 0.1) is 0 Å². The quantitative estimate of drug-likeness (QED) is 0.588. The van der Waals surface area contributed by atoms with Crippen LogP contribution in [0.4, 0.5) is 4.79 Å². The standard InChI is InChI=1S/C17H16NO4Se.Na/c19-14-8-6-12(7-9-14)10-15(16(20)23)18-17(21)22-11-13-4-2-1-3-5-13;/h1-9,15,19H,10-11H2,(H,18,21);/q;+1/p-1/t15-;/m0./s1. The molecule has 0 heterocycles. The number of rotatable bonds is 6. The molecule has 0 aliphatic rings. The average molecular weight is 399 g/mol. The van der Waals surface area contributed by atoms with Crippen LogP contribution in [0.25, 0.3) is 0 Å². The second-order valence-corrected chi connectivity index (χ2v) is 5.77. The first-order valence-corrected chi connectivity index (χ1v) is 7.84. The molecular formula is C17H15NNaO4Se. The van der Waals surface area contributed by atoms with Gasteiger partial charge in [-0.2, -0.15) is 0 Å². The normalized spacial score (nSPS) is 11.0. The molecule has 0 unspecified atom stereocenters. The van der Waals surface area contributed by atoms with E-state index in [1.54, 1.807) is 12.1 Å². The van der Waals surface area contributed by atoms with E-state index in [2.05, 4.69) is 21.3 Å². The first-order valence-electron chi connectivity index (χ1n) is 6.98. The van der Waals surface area contributed by atoms with Crippen LogP contribution in [0.1, 0.15) is 11.1 Å². The minimum absolute atomic E-state index is 0. The Kier molecular flexibility index (Phi) is 9.11. The summed E-state index contributed by atoms with van der Waals surface area (Å²) >= 11 is 2.38. The van der Waals surface area contributed by atoms with E-state index in [0.717, 1.165) is 11.1 Å². The van der Waals surface area contributed by atoms with Crippen molar-refractivity contribution in [1.29, 1.82) is 0 Å². The molecule has 0 aliphatic heterocycles. The van der Waals surface area contributed by atoms with Crippen LogP contribution in [0.5, 0.6) is 5.75 Å². The Morgan fingerprint density at radius 2 is 1.67 bits per heavy atom. The minimum atomic E-state index is -0.740. The summed E-state index contributed by atoms with van der Waals surface area (Å²) in [4.78, 5) is 23.5. The number of carbonyl (C=O) groups is 2. The summed E-state index contributed by atoms with van der Waals surface area (Å²) < 4.78 is 4.80. The van der Waals surface area contributed by atoms with Gasteiger partial charge in [-0.05, 0) is 0 Å². The number of nitrogens with one attached hydrogen (secondary N) is 1. The third-order valence-corrected chi connectivity index (χ3v) is 3.75. The fourth-order valence-electron chi connectivity index (χ4n) is 1.96. The molecule has 0 fully saturated rings. The number of hydrogen-bond acceptors (Lipinski definition) is 4. The maximum absolute atomic E-state index is 11.8. The van der Waals surface area contributed by atoms with E-state index in [9.17, 15) is 14.7 Å². The van der Waals surface area contributed by atoms with Gasteiger partial charge >= 0.3 is 172 Å². The summed E-state index contributed by atoms with van der Waals surface area (Å²) in [5.74, 6) is -0.102. The molecule has 0 spiro atoms. The van der Waals surface area contributed by atoms with Gasteiger partial charge in [0, 0.05) is 0 Å². The summed E-state index contributed by atoms with van der Waals surface area (Å²) in [6, 6.07) is 14.6. The first-order chi connectivity index (χ1) is 11.0. The molecule has 1 radical (unpaired) electrons. The van der Waals surface area contributed by atoms with Crippen molar-refractivity contribution < 1.29 is 49.0 Å². The van der Waals surface area contributed by atoms with E-state index in [4.69, 9.17) is 4.74 Å². The maximum Gasteiger partial charge on any atom is 1.00 e. The van der Waals surface area contributed by atoms with Crippen molar-refractivity contribution in [2.75, 3.05) is 0 Å². The molecule has 5 nitrogen and oxygen atoms in total. The zero-order chi connectivity index (χ0) is 16.7. The fraction of sp³-hybridized carbons (Fsp3) is 0.176. The minimum Gasteiger partial charge on any atom is 1.00 e. The van der Waals surface area contributed by atoms with Gasteiger partial charge in [-0.25, -0.2) is 0 Å². The van der Waals surface area contributed by atoms with Crippen molar-refractivity contribution in [2.45, 2.75) is 19.1 Å². The average Bonchev–Trinajstić information content (AvgIpc) is 2.55. The first kappa shape index (κ1) is 20.7. The van der Waals surface area contributed by atoms with Gasteiger partial charge in [-0.3, -0.25) is 0 Å². The Morgan fingerprint density at radius 1 is 1.04 bits per heavy atom. The Labute approximate surface area is 170 Å². The fourth-order valence-corrected chi connectivity index (χ4v) is 2.26. The predicted octanol–water partition coefficient (Wildman–Crippen LogP) is -1.70. The molecule has 0 saturated carbocycles. The van der Waals surface area contributed by atoms with Crippen LogP contribution in [0.2, 0.25) is 0 Å². The molecule has 24 heavy (non-hydrogen) atoms. The van der Waals surface area contributed by atoms with Crippen LogP contribution in [-0.4, -0.2) is 32.8 Å². The van der Waals surface area contributed by atoms with Crippen LogP contribution in [-0.2, 0) is 22.6 Å². The van der Waals surface area contributed by atoms with Gasteiger partial charge in [-0.15, -0.1) is 0 Å². The van der Waals surface area contributed by atoms with E-state index in [1.807, 2.05) is 30.3 Å². The molecule has 1 amide bonds. The van der Waals surface area contributed by atoms with Crippen LogP contribution >= 0.6 is 0 Å². The van der Waals surface area contributed by atoms with Gasteiger partial charge in [0.15, 0.2) is 0 Å². The monoisotopic (exact) mass is 400 g/mol. The molecule has 7 heteroatoms. The van der Waals surface area contributed by atoms with Crippen molar-refractivity contribution >= 4 is 26.8 Å². The molecule has 0 aromatic heterocycles. The van der Waals surface area contributed by atoms with Crippen LogP contribution in [0.15, 0.2) is 54.6 Å². The summed E-state index contributed by atoms with van der Waals surface area (Å²) in [6.07, 6.45) is -0.380. The third kappa shape index (κ3) is 7.07. The van der Waals surface area contributed by atoms with Gasteiger partial charge in [0.2, 0.25) is 0 Å². The summed E-state index contributed by atoms with van der Waals surface area (Å²) in [6.45, 7) is 0.131. The maximum atomic E-state index is 11.8. The number of hydrogen-bond donors (Lipinski definition) is 1. The van der Waals surface area contributed by atoms with Gasteiger partial charge in [-0.1, -0.05) is 0 Å². The van der Waals surface area contributed by atoms with Crippen molar-refractivity contribution in [3.63, 3.8) is 0 Å². The third-order valence-electron chi connectivity index (χ3n) is 3.15. The van der Waals surface area contributed by atoms with Crippen molar-refractivity contribution in [1.82, 2.24) is 5.32 Å². The largest absolute Gasteiger partial charge is 1.00 e. The number of benzene rings is 2. The van der Waals surface area contributed by atoms with Gasteiger partial charge < -0.3 is 0 Å². The molecule has 1 atom stereocenters. The second kappa shape index (κ2) is 10.5. The van der Waals surface area contributed by atoms with Crippen LogP contribution < -0.4 is 40.0 Å². The Hall–Kier alpha value is -1.30. The zero-order valence-electron chi connectivity index (χ0n) is 13.2. The van der Waals surface area contributed by atoms with Crippen LogP contribution in [0.3, 0.4) is 0 Å². The van der Waals surface area contributed by atoms with Crippen molar-refractivity contribution in [2.24, 2.45) is 0 Å². The van der Waals surface area contributed by atoms with Crippen molar-refractivity contribution in [3.8, 4) is 5.75 Å². The number of amides is 1. The Balaban J connectivity index is 0.00000288. The smallest absolute Gasteiger partial charge is 1.00 e. The predicted molar refractivity (Wildman–Crippen MR) is 83.9 cm³/mol. The number of alkyl carbamates (subject to hydrolysis) is 1. The van der Waals surface area contributed by atoms with E-state index in [0.29, 0.717) is 0 Å². The van der Waals surface area contributed by atoms with E-state index in [1.165, 1.54) is 12.1 Å². The Bertz CT molecular complexity index is 664. The molecule has 1 N–H and O–H groups in total. The SMILES string of the molecule is O=C(N[C@@H](Cc1ccc([O-])cc1)C(=O)[Se])OCc1ccccc1.[Na+]. The summed E-state index contributed by atoms with van der Waals surface area (Å²) in [5, 5.41) is 13.6. The second-order valence-electron chi connectivity index (χ2n) is 4.93. The van der Waals surface area contributed by atoms with E-state index in [-0.39, 0.29) is 53.0 Å². The van der Waals surface area contributed by atoms with Gasteiger partial charge in [0.1, 0.15) is 0 Å². The Morgan fingerprint density at radius 3 is 2.25 bits per heavy atom. The van der Waals surface area contributed by atoms with Gasteiger partial charge in [0.25, 0.3) is 0 Å². The van der Waals surface area contributed by atoms with E-state index < -0.39 is 12.1 Å². The summed E-state index contributed by atoms with van der Waals surface area (Å²) in [5.41, 5.74) is 1.64. The molecular weight excluding hydrogens is 384 g/mol. The molecule has 0 bridgehead atoms. The number of carbonyl (C=O) groups excluding carboxylic acids is 2. The zero-order valence-corrected chi connectivity index (χ0v) is 16.9. The van der Waals surface area contributed by atoms with Crippen LogP contribution in [0, 0.1) is 0 Å². The molecule has 0 saturated heterocycles. The molecule has 119 valence electrons. The molecule has 2 aromatic rings. The molecule has 2 rings (SSSR count). The van der Waals surface area contributed by atoms with E-state index >= 15 is 0 Å². The summed E-state index contributed by atoms with van der Waals surface area (Å²) in [7, 11) is 0.